The van der Waals surface area contributed by atoms with Gasteiger partial charge >= 0.3 is 0 Å². The minimum absolute atomic E-state index is 0.0131. The number of carbonyl (C=O) groups is 1. The van der Waals surface area contributed by atoms with E-state index < -0.39 is 17.5 Å². The molecular formula is C21H18ClF2N3O2. The van der Waals surface area contributed by atoms with Crippen molar-refractivity contribution in [2.75, 3.05) is 12.4 Å². The maximum atomic E-state index is 13.3. The molecule has 3 rings (SSSR count). The van der Waals surface area contributed by atoms with Crippen molar-refractivity contribution in [2.45, 2.75) is 13.1 Å². The first kappa shape index (κ1) is 20.5. The fraction of sp³-hybridized carbons (Fsp3) is 0.143. The van der Waals surface area contributed by atoms with E-state index >= 15 is 0 Å². The van der Waals surface area contributed by atoms with Crippen molar-refractivity contribution in [1.29, 1.82) is 0 Å². The van der Waals surface area contributed by atoms with E-state index in [1.807, 2.05) is 24.3 Å². The number of rotatable bonds is 7. The Balaban J connectivity index is 1.70. The zero-order chi connectivity index (χ0) is 20.8. The van der Waals surface area contributed by atoms with Crippen molar-refractivity contribution in [2.24, 2.45) is 0 Å². The van der Waals surface area contributed by atoms with Gasteiger partial charge in [-0.15, -0.1) is 0 Å². The summed E-state index contributed by atoms with van der Waals surface area (Å²) in [5.74, 6) is -1.65. The number of halogens is 3. The number of hydrogen-bond donors (Lipinski definition) is 2. The van der Waals surface area contributed by atoms with Crippen LogP contribution in [0.15, 0.2) is 54.7 Å². The van der Waals surface area contributed by atoms with Crippen LogP contribution in [-0.2, 0) is 13.1 Å². The summed E-state index contributed by atoms with van der Waals surface area (Å²) < 4.78 is 31.5. The summed E-state index contributed by atoms with van der Waals surface area (Å²) in [5.41, 5.74) is 2.07. The highest BCUT2D eigenvalue weighted by Gasteiger charge is 2.17. The van der Waals surface area contributed by atoms with Crippen molar-refractivity contribution < 1.29 is 18.3 Å². The van der Waals surface area contributed by atoms with Gasteiger partial charge in [-0.05, 0) is 41.5 Å². The molecule has 0 unspecified atom stereocenters. The first-order chi connectivity index (χ1) is 14.0. The molecule has 1 aromatic heterocycles. The number of benzene rings is 2. The topological polar surface area (TPSA) is 63.2 Å². The van der Waals surface area contributed by atoms with E-state index in [-0.39, 0.29) is 17.3 Å². The number of hydrogen-bond acceptors (Lipinski definition) is 4. The molecule has 0 spiro atoms. The number of nitrogens with zero attached hydrogens (tertiary/aromatic N) is 1. The van der Waals surface area contributed by atoms with E-state index in [1.165, 1.54) is 12.3 Å². The molecule has 0 saturated carbocycles. The number of methoxy groups -OCH3 is 1. The second-order valence-corrected chi connectivity index (χ2v) is 6.52. The second-order valence-electron chi connectivity index (χ2n) is 6.16. The van der Waals surface area contributed by atoms with Crippen molar-refractivity contribution >= 4 is 23.2 Å². The highest BCUT2D eigenvalue weighted by atomic mass is 35.5. The third-order valence-corrected chi connectivity index (χ3v) is 4.50. The molecular weight excluding hydrogens is 400 g/mol. The standard InChI is InChI=1S/C21H18ClF2N3O2/c1-29-15-5-2-13(3-6-15)11-26-18-8-9-25-20(22)19(18)21(28)27-12-14-4-7-16(23)17(24)10-14/h2-10H,11-12H2,1H3,(H,25,26)(H,27,28). The molecule has 150 valence electrons. The molecule has 0 bridgehead atoms. The highest BCUT2D eigenvalue weighted by Crippen LogP contribution is 2.23. The molecule has 0 saturated heterocycles. The van der Waals surface area contributed by atoms with Crippen LogP contribution < -0.4 is 15.4 Å². The number of ether oxygens (including phenoxy) is 1. The van der Waals surface area contributed by atoms with Gasteiger partial charge in [0.1, 0.15) is 10.9 Å². The van der Waals surface area contributed by atoms with Gasteiger partial charge in [0.15, 0.2) is 11.6 Å². The minimum atomic E-state index is -0.974. The zero-order valence-corrected chi connectivity index (χ0v) is 16.3. The third-order valence-electron chi connectivity index (χ3n) is 4.21. The molecule has 29 heavy (non-hydrogen) atoms. The van der Waals surface area contributed by atoms with E-state index in [9.17, 15) is 13.6 Å². The number of nitrogens with one attached hydrogen (secondary N) is 2. The Morgan fingerprint density at radius 3 is 2.45 bits per heavy atom. The van der Waals surface area contributed by atoms with Gasteiger partial charge < -0.3 is 15.4 Å². The van der Waals surface area contributed by atoms with Crippen LogP contribution >= 0.6 is 11.6 Å². The summed E-state index contributed by atoms with van der Waals surface area (Å²) >= 11 is 6.14. The number of amides is 1. The van der Waals surface area contributed by atoms with Crippen molar-refractivity contribution in [3.63, 3.8) is 0 Å². The number of anilines is 1. The van der Waals surface area contributed by atoms with Crippen LogP contribution in [0, 0.1) is 11.6 Å². The molecule has 0 atom stereocenters. The maximum Gasteiger partial charge on any atom is 0.256 e. The predicted molar refractivity (Wildman–Crippen MR) is 107 cm³/mol. The smallest absolute Gasteiger partial charge is 0.256 e. The molecule has 0 aliphatic carbocycles. The van der Waals surface area contributed by atoms with Crippen molar-refractivity contribution in [1.82, 2.24) is 10.3 Å². The van der Waals surface area contributed by atoms with Gasteiger partial charge in [0.2, 0.25) is 0 Å². The fourth-order valence-electron chi connectivity index (χ4n) is 2.66. The lowest BCUT2D eigenvalue weighted by Gasteiger charge is -2.13. The average molecular weight is 418 g/mol. The zero-order valence-electron chi connectivity index (χ0n) is 15.5. The molecule has 1 amide bonds. The Kier molecular flexibility index (Phi) is 6.61. The minimum Gasteiger partial charge on any atom is -0.497 e. The number of aromatic nitrogens is 1. The van der Waals surface area contributed by atoms with E-state index in [1.54, 1.807) is 13.2 Å². The Hall–Kier alpha value is -3.19. The normalized spacial score (nSPS) is 10.5. The summed E-state index contributed by atoms with van der Waals surface area (Å²) in [6.07, 6.45) is 1.49. The van der Waals surface area contributed by atoms with Crippen LogP contribution in [0.1, 0.15) is 21.5 Å². The van der Waals surface area contributed by atoms with E-state index in [0.717, 1.165) is 23.4 Å². The van der Waals surface area contributed by atoms with Crippen LogP contribution in [-0.4, -0.2) is 18.0 Å². The molecule has 2 N–H and O–H groups in total. The summed E-state index contributed by atoms with van der Waals surface area (Å²) in [7, 11) is 1.59. The second kappa shape index (κ2) is 9.34. The highest BCUT2D eigenvalue weighted by molar-refractivity contribution is 6.33. The Bertz CT molecular complexity index is 1010. The van der Waals surface area contributed by atoms with Crippen LogP contribution in [0.3, 0.4) is 0 Å². The molecule has 3 aromatic rings. The van der Waals surface area contributed by atoms with Gasteiger partial charge in [0.05, 0.1) is 18.4 Å². The molecule has 0 aliphatic heterocycles. The lowest BCUT2D eigenvalue weighted by Crippen LogP contribution is -2.24. The Morgan fingerprint density at radius 1 is 1.03 bits per heavy atom. The Morgan fingerprint density at radius 2 is 1.76 bits per heavy atom. The average Bonchev–Trinajstić information content (AvgIpc) is 2.73. The molecule has 1 heterocycles. The first-order valence-electron chi connectivity index (χ1n) is 8.71. The van der Waals surface area contributed by atoms with E-state index in [0.29, 0.717) is 17.8 Å². The maximum absolute atomic E-state index is 13.3. The van der Waals surface area contributed by atoms with Crippen molar-refractivity contribution in [3.8, 4) is 5.75 Å². The Labute approximate surface area is 171 Å². The first-order valence-corrected chi connectivity index (χ1v) is 9.09. The molecule has 0 aliphatic rings. The fourth-order valence-corrected chi connectivity index (χ4v) is 2.90. The SMILES string of the molecule is COc1ccc(CNc2ccnc(Cl)c2C(=O)NCc2ccc(F)c(F)c2)cc1. The molecule has 8 heteroatoms. The summed E-state index contributed by atoms with van der Waals surface area (Å²) in [6, 6.07) is 12.6. The van der Waals surface area contributed by atoms with Gasteiger partial charge in [-0.2, -0.15) is 0 Å². The van der Waals surface area contributed by atoms with Gasteiger partial charge in [0, 0.05) is 19.3 Å². The molecule has 0 fully saturated rings. The lowest BCUT2D eigenvalue weighted by molar-refractivity contribution is 0.0951. The predicted octanol–water partition coefficient (Wildman–Crippen LogP) is 4.56. The molecule has 5 nitrogen and oxygen atoms in total. The largest absolute Gasteiger partial charge is 0.497 e. The summed E-state index contributed by atoms with van der Waals surface area (Å²) in [5, 5.41) is 5.85. The van der Waals surface area contributed by atoms with Gasteiger partial charge in [-0.1, -0.05) is 29.8 Å². The van der Waals surface area contributed by atoms with Crippen LogP contribution in [0.2, 0.25) is 5.15 Å². The summed E-state index contributed by atoms with van der Waals surface area (Å²) in [4.78, 5) is 16.6. The van der Waals surface area contributed by atoms with Crippen LogP contribution in [0.5, 0.6) is 5.75 Å². The van der Waals surface area contributed by atoms with E-state index in [2.05, 4.69) is 15.6 Å². The lowest BCUT2D eigenvalue weighted by atomic mass is 10.1. The molecule has 2 aromatic carbocycles. The van der Waals surface area contributed by atoms with Crippen LogP contribution in [0.4, 0.5) is 14.5 Å². The number of pyridine rings is 1. The third kappa shape index (κ3) is 5.20. The van der Waals surface area contributed by atoms with Gasteiger partial charge in [-0.3, -0.25) is 4.79 Å². The van der Waals surface area contributed by atoms with Crippen LogP contribution in [0.25, 0.3) is 0 Å². The summed E-state index contributed by atoms with van der Waals surface area (Å²) in [6.45, 7) is 0.465. The molecule has 0 radical (unpaired) electrons. The van der Waals surface area contributed by atoms with Gasteiger partial charge in [-0.25, -0.2) is 13.8 Å². The van der Waals surface area contributed by atoms with Gasteiger partial charge in [0.25, 0.3) is 5.91 Å². The van der Waals surface area contributed by atoms with Crippen molar-refractivity contribution in [3.05, 3.63) is 88.2 Å². The quantitative estimate of drug-likeness (QED) is 0.553. The van der Waals surface area contributed by atoms with E-state index in [4.69, 9.17) is 16.3 Å². The monoisotopic (exact) mass is 417 g/mol. The number of carbonyl (C=O) groups excluding carboxylic acids is 1.